The third-order valence-corrected chi connectivity index (χ3v) is 3.82. The van der Waals surface area contributed by atoms with E-state index in [0.29, 0.717) is 0 Å². The molecule has 2 nitrogen and oxygen atoms in total. The minimum atomic E-state index is -0.641. The lowest BCUT2D eigenvalue weighted by Gasteiger charge is -2.27. The van der Waals surface area contributed by atoms with Crippen LogP contribution in [-0.4, -0.2) is 17.9 Å². The number of ketones is 1. The standard InChI is InChI=1S/C15H19F2NO/c1-2-6-15(7-3-8-18-15)14(19)9-11-4-5-12(16)10-13(11)17/h4-5,10,18H,2-3,6-9H2,1H3. The predicted molar refractivity (Wildman–Crippen MR) is 69.9 cm³/mol. The Bertz CT molecular complexity index is 467. The van der Waals surface area contributed by atoms with Crippen LogP contribution in [0, 0.1) is 11.6 Å². The van der Waals surface area contributed by atoms with E-state index < -0.39 is 17.2 Å². The number of carbonyl (C=O) groups is 1. The molecule has 0 amide bonds. The topological polar surface area (TPSA) is 29.1 Å². The van der Waals surface area contributed by atoms with Crippen LogP contribution >= 0.6 is 0 Å². The van der Waals surface area contributed by atoms with Gasteiger partial charge in [0.15, 0.2) is 5.78 Å². The van der Waals surface area contributed by atoms with Crippen molar-refractivity contribution in [3.05, 3.63) is 35.4 Å². The summed E-state index contributed by atoms with van der Waals surface area (Å²) in [5.41, 5.74) is -0.231. The van der Waals surface area contributed by atoms with Gasteiger partial charge in [0.25, 0.3) is 0 Å². The molecule has 0 aromatic heterocycles. The molecule has 0 radical (unpaired) electrons. The van der Waals surface area contributed by atoms with Crippen molar-refractivity contribution in [1.82, 2.24) is 5.32 Å². The summed E-state index contributed by atoms with van der Waals surface area (Å²) in [5, 5.41) is 3.28. The quantitative estimate of drug-likeness (QED) is 0.888. The van der Waals surface area contributed by atoms with E-state index in [1.807, 2.05) is 6.92 Å². The van der Waals surface area contributed by atoms with Crippen LogP contribution in [0.1, 0.15) is 38.2 Å². The molecule has 1 atom stereocenters. The van der Waals surface area contributed by atoms with Crippen LogP contribution in [0.5, 0.6) is 0 Å². The van der Waals surface area contributed by atoms with E-state index in [4.69, 9.17) is 0 Å². The molecule has 4 heteroatoms. The number of nitrogens with one attached hydrogen (secondary N) is 1. The highest BCUT2D eigenvalue weighted by molar-refractivity contribution is 5.90. The van der Waals surface area contributed by atoms with Gasteiger partial charge < -0.3 is 5.32 Å². The lowest BCUT2D eigenvalue weighted by atomic mass is 9.84. The number of Topliss-reactive ketones (excluding diaryl/α,β-unsaturated/α-hetero) is 1. The van der Waals surface area contributed by atoms with Crippen LogP contribution in [0.25, 0.3) is 0 Å². The zero-order valence-electron chi connectivity index (χ0n) is 11.1. The fraction of sp³-hybridized carbons (Fsp3) is 0.533. The van der Waals surface area contributed by atoms with Gasteiger partial charge in [0.1, 0.15) is 11.6 Å². The van der Waals surface area contributed by atoms with Gasteiger partial charge in [-0.1, -0.05) is 19.4 Å². The van der Waals surface area contributed by atoms with E-state index in [-0.39, 0.29) is 17.8 Å². The first-order valence-electron chi connectivity index (χ1n) is 6.79. The summed E-state index contributed by atoms with van der Waals surface area (Å²) in [6.07, 6.45) is 3.48. The minimum absolute atomic E-state index is 0.0114. The third-order valence-electron chi connectivity index (χ3n) is 3.82. The third kappa shape index (κ3) is 3.00. The number of hydrogen-bond donors (Lipinski definition) is 1. The molecule has 1 N–H and O–H groups in total. The van der Waals surface area contributed by atoms with E-state index in [9.17, 15) is 13.6 Å². The molecule has 1 aliphatic rings. The van der Waals surface area contributed by atoms with Crippen molar-refractivity contribution in [2.75, 3.05) is 6.54 Å². The first kappa shape index (κ1) is 14.1. The van der Waals surface area contributed by atoms with Crippen LogP contribution in [-0.2, 0) is 11.2 Å². The lowest BCUT2D eigenvalue weighted by Crippen LogP contribution is -2.48. The molecule has 1 saturated heterocycles. The van der Waals surface area contributed by atoms with E-state index in [1.54, 1.807) is 0 Å². The van der Waals surface area contributed by atoms with E-state index in [1.165, 1.54) is 12.1 Å². The predicted octanol–water partition coefficient (Wildman–Crippen LogP) is 3.00. The molecule has 19 heavy (non-hydrogen) atoms. The van der Waals surface area contributed by atoms with Crippen molar-refractivity contribution in [2.24, 2.45) is 0 Å². The monoisotopic (exact) mass is 267 g/mol. The lowest BCUT2D eigenvalue weighted by molar-refractivity contribution is -0.124. The summed E-state index contributed by atoms with van der Waals surface area (Å²) in [5.74, 6) is -1.24. The van der Waals surface area contributed by atoms with Gasteiger partial charge in [-0.2, -0.15) is 0 Å². The van der Waals surface area contributed by atoms with Gasteiger partial charge in [-0.15, -0.1) is 0 Å². The number of hydrogen-bond acceptors (Lipinski definition) is 2. The maximum absolute atomic E-state index is 13.6. The van der Waals surface area contributed by atoms with E-state index in [2.05, 4.69) is 5.32 Å². The number of benzene rings is 1. The van der Waals surface area contributed by atoms with Crippen molar-refractivity contribution in [3.63, 3.8) is 0 Å². The first-order valence-corrected chi connectivity index (χ1v) is 6.79. The Morgan fingerprint density at radius 3 is 2.79 bits per heavy atom. The summed E-state index contributed by atoms with van der Waals surface area (Å²) in [6, 6.07) is 3.38. The Labute approximate surface area is 112 Å². The van der Waals surface area contributed by atoms with Crippen LogP contribution < -0.4 is 5.32 Å². The smallest absolute Gasteiger partial charge is 0.157 e. The van der Waals surface area contributed by atoms with Gasteiger partial charge in [-0.25, -0.2) is 8.78 Å². The Morgan fingerprint density at radius 2 is 2.21 bits per heavy atom. The normalized spacial score (nSPS) is 22.7. The van der Waals surface area contributed by atoms with Crippen LogP contribution in [0.15, 0.2) is 18.2 Å². The molecule has 0 bridgehead atoms. The largest absolute Gasteiger partial charge is 0.305 e. The van der Waals surface area contributed by atoms with Crippen LogP contribution in [0.3, 0.4) is 0 Å². The SMILES string of the molecule is CCCC1(C(=O)Cc2ccc(F)cc2F)CCCN1. The Balaban J connectivity index is 2.15. The molecule has 1 fully saturated rings. The fourth-order valence-electron chi connectivity index (χ4n) is 2.83. The molecule has 1 heterocycles. The highest BCUT2D eigenvalue weighted by Crippen LogP contribution is 2.27. The van der Waals surface area contributed by atoms with Crippen molar-refractivity contribution >= 4 is 5.78 Å². The average molecular weight is 267 g/mol. The highest BCUT2D eigenvalue weighted by Gasteiger charge is 2.39. The van der Waals surface area contributed by atoms with Crippen molar-refractivity contribution < 1.29 is 13.6 Å². The maximum atomic E-state index is 13.6. The molecular formula is C15H19F2NO. The fourth-order valence-corrected chi connectivity index (χ4v) is 2.83. The second-order valence-corrected chi connectivity index (χ2v) is 5.20. The molecule has 1 unspecified atom stereocenters. The molecule has 1 aromatic carbocycles. The summed E-state index contributed by atoms with van der Waals surface area (Å²) < 4.78 is 26.4. The van der Waals surface area contributed by atoms with E-state index in [0.717, 1.165) is 38.3 Å². The summed E-state index contributed by atoms with van der Waals surface area (Å²) in [6.45, 7) is 2.87. The van der Waals surface area contributed by atoms with Crippen molar-refractivity contribution in [1.29, 1.82) is 0 Å². The number of carbonyl (C=O) groups excluding carboxylic acids is 1. The Morgan fingerprint density at radius 1 is 1.42 bits per heavy atom. The molecule has 0 saturated carbocycles. The molecule has 1 aromatic rings. The van der Waals surface area contributed by atoms with E-state index >= 15 is 0 Å². The van der Waals surface area contributed by atoms with Gasteiger partial charge in [-0.05, 0) is 37.4 Å². The van der Waals surface area contributed by atoms with Crippen LogP contribution in [0.4, 0.5) is 8.78 Å². The highest BCUT2D eigenvalue weighted by atomic mass is 19.1. The zero-order valence-corrected chi connectivity index (χ0v) is 11.1. The van der Waals surface area contributed by atoms with Gasteiger partial charge >= 0.3 is 0 Å². The van der Waals surface area contributed by atoms with Gasteiger partial charge in [0, 0.05) is 12.5 Å². The molecule has 2 rings (SSSR count). The zero-order chi connectivity index (χ0) is 13.9. The molecule has 104 valence electrons. The second kappa shape index (κ2) is 5.78. The van der Waals surface area contributed by atoms with Gasteiger partial charge in [0.2, 0.25) is 0 Å². The molecule has 1 aliphatic heterocycles. The van der Waals surface area contributed by atoms with Crippen molar-refractivity contribution in [3.8, 4) is 0 Å². The second-order valence-electron chi connectivity index (χ2n) is 5.20. The Kier molecular flexibility index (Phi) is 4.30. The van der Waals surface area contributed by atoms with Crippen molar-refractivity contribution in [2.45, 2.75) is 44.6 Å². The van der Waals surface area contributed by atoms with Gasteiger partial charge in [0.05, 0.1) is 5.54 Å². The maximum Gasteiger partial charge on any atom is 0.157 e. The number of rotatable bonds is 5. The summed E-state index contributed by atoms with van der Waals surface area (Å²) >= 11 is 0. The Hall–Kier alpha value is -1.29. The molecular weight excluding hydrogens is 248 g/mol. The van der Waals surface area contributed by atoms with Crippen LogP contribution in [0.2, 0.25) is 0 Å². The molecule has 0 spiro atoms. The summed E-state index contributed by atoms with van der Waals surface area (Å²) in [7, 11) is 0. The summed E-state index contributed by atoms with van der Waals surface area (Å²) in [4.78, 5) is 12.4. The minimum Gasteiger partial charge on any atom is -0.305 e. The average Bonchev–Trinajstić information content (AvgIpc) is 2.83. The first-order chi connectivity index (χ1) is 9.07. The molecule has 0 aliphatic carbocycles. The van der Waals surface area contributed by atoms with Gasteiger partial charge in [-0.3, -0.25) is 4.79 Å². The number of halogens is 2.